The molecule has 2 aromatic heterocycles. The van der Waals surface area contributed by atoms with Crippen LogP contribution in [0.4, 0.5) is 0 Å². The molecule has 0 aliphatic rings. The first-order valence-corrected chi connectivity index (χ1v) is 4.73. The van der Waals surface area contributed by atoms with Gasteiger partial charge >= 0.3 is 5.97 Å². The molecule has 0 atom stereocenters. The van der Waals surface area contributed by atoms with Gasteiger partial charge in [-0.1, -0.05) is 0 Å². The zero-order valence-corrected chi connectivity index (χ0v) is 8.98. The second-order valence-electron chi connectivity index (χ2n) is 2.72. The molecule has 2 heterocycles. The number of halogens is 1. The van der Waals surface area contributed by atoms with E-state index in [1.165, 1.54) is 7.11 Å². The largest absolute Gasteiger partial charge is 0.465 e. The lowest BCUT2D eigenvalue weighted by atomic mass is 10.2. The molecule has 4 nitrogen and oxygen atoms in total. The first-order chi connectivity index (χ1) is 6.72. The number of esters is 1. The number of carbonyl (C=O) groups is 1. The molecule has 0 saturated carbocycles. The smallest absolute Gasteiger partial charge is 0.340 e. The monoisotopic (exact) mass is 254 g/mol. The van der Waals surface area contributed by atoms with Gasteiger partial charge in [0, 0.05) is 10.7 Å². The lowest BCUT2D eigenvalue weighted by molar-refractivity contribution is 0.0602. The van der Waals surface area contributed by atoms with E-state index >= 15 is 0 Å². The van der Waals surface area contributed by atoms with E-state index in [4.69, 9.17) is 0 Å². The van der Waals surface area contributed by atoms with E-state index in [1.54, 1.807) is 29.0 Å². The van der Waals surface area contributed by atoms with Crippen LogP contribution in [0.2, 0.25) is 0 Å². The summed E-state index contributed by atoms with van der Waals surface area (Å²) < 4.78 is 7.08. The van der Waals surface area contributed by atoms with Crippen LogP contribution in [0.25, 0.3) is 5.52 Å². The van der Waals surface area contributed by atoms with Crippen molar-refractivity contribution in [3.8, 4) is 0 Å². The molecular weight excluding hydrogens is 248 g/mol. The summed E-state index contributed by atoms with van der Waals surface area (Å²) in [5, 5.41) is 4.04. The fraction of sp³-hybridized carbons (Fsp3) is 0.111. The van der Waals surface area contributed by atoms with Crippen molar-refractivity contribution in [1.82, 2.24) is 9.61 Å². The molecule has 72 valence electrons. The molecule has 0 aliphatic heterocycles. The summed E-state index contributed by atoms with van der Waals surface area (Å²) in [6, 6.07) is 3.47. The van der Waals surface area contributed by atoms with Crippen LogP contribution in [0.5, 0.6) is 0 Å². The number of nitrogens with zero attached hydrogens (tertiary/aromatic N) is 2. The van der Waals surface area contributed by atoms with Gasteiger partial charge < -0.3 is 4.74 Å². The fourth-order valence-electron chi connectivity index (χ4n) is 1.27. The molecule has 0 aromatic carbocycles. The Morgan fingerprint density at radius 3 is 3.14 bits per heavy atom. The normalized spacial score (nSPS) is 10.4. The van der Waals surface area contributed by atoms with Crippen molar-refractivity contribution in [2.24, 2.45) is 0 Å². The SMILES string of the molecule is COC(=O)c1cc(Br)cn2nccc12. The third-order valence-electron chi connectivity index (χ3n) is 1.88. The summed E-state index contributed by atoms with van der Waals surface area (Å²) in [7, 11) is 1.36. The third-order valence-corrected chi connectivity index (χ3v) is 2.31. The highest BCUT2D eigenvalue weighted by molar-refractivity contribution is 9.10. The summed E-state index contributed by atoms with van der Waals surface area (Å²) in [6.45, 7) is 0. The van der Waals surface area contributed by atoms with Crippen LogP contribution in [0.1, 0.15) is 10.4 Å². The van der Waals surface area contributed by atoms with Crippen molar-refractivity contribution in [3.63, 3.8) is 0 Å². The van der Waals surface area contributed by atoms with Crippen molar-refractivity contribution in [2.75, 3.05) is 7.11 Å². The first-order valence-electron chi connectivity index (χ1n) is 3.93. The average molecular weight is 255 g/mol. The molecule has 14 heavy (non-hydrogen) atoms. The Morgan fingerprint density at radius 2 is 2.43 bits per heavy atom. The van der Waals surface area contributed by atoms with E-state index in [2.05, 4.69) is 25.8 Å². The zero-order valence-electron chi connectivity index (χ0n) is 7.40. The number of hydrogen-bond donors (Lipinski definition) is 0. The maximum atomic E-state index is 11.4. The molecule has 5 heteroatoms. The number of ether oxygens (including phenoxy) is 1. The standard InChI is InChI=1S/C9H7BrN2O2/c1-14-9(13)7-4-6(10)5-12-8(7)2-3-11-12/h2-5H,1H3. The Balaban J connectivity index is 2.72. The minimum Gasteiger partial charge on any atom is -0.465 e. The van der Waals surface area contributed by atoms with Crippen LogP contribution in [-0.4, -0.2) is 22.7 Å². The van der Waals surface area contributed by atoms with Crippen molar-refractivity contribution >= 4 is 27.4 Å². The predicted molar refractivity (Wildman–Crippen MR) is 54.2 cm³/mol. The number of hydrogen-bond acceptors (Lipinski definition) is 3. The summed E-state index contributed by atoms with van der Waals surface area (Å²) in [4.78, 5) is 11.4. The topological polar surface area (TPSA) is 43.6 Å². The summed E-state index contributed by atoms with van der Waals surface area (Å²) >= 11 is 3.30. The third kappa shape index (κ3) is 1.39. The van der Waals surface area contributed by atoms with Gasteiger partial charge in [-0.05, 0) is 28.1 Å². The Morgan fingerprint density at radius 1 is 1.64 bits per heavy atom. The highest BCUT2D eigenvalue weighted by Gasteiger charge is 2.11. The van der Waals surface area contributed by atoms with E-state index < -0.39 is 0 Å². The first kappa shape index (κ1) is 9.21. The van der Waals surface area contributed by atoms with Gasteiger partial charge in [0.25, 0.3) is 0 Å². The average Bonchev–Trinajstić information content (AvgIpc) is 2.62. The molecule has 0 spiro atoms. The number of aromatic nitrogens is 2. The lowest BCUT2D eigenvalue weighted by Crippen LogP contribution is -2.04. The molecular formula is C9H7BrN2O2. The number of rotatable bonds is 1. The Labute approximate surface area is 88.6 Å². The van der Waals surface area contributed by atoms with Gasteiger partial charge in [-0.3, -0.25) is 0 Å². The predicted octanol–water partition coefficient (Wildman–Crippen LogP) is 1.88. The maximum absolute atomic E-state index is 11.4. The van der Waals surface area contributed by atoms with E-state index in [9.17, 15) is 4.79 Å². The van der Waals surface area contributed by atoms with Crippen LogP contribution in [-0.2, 0) is 4.74 Å². The number of carbonyl (C=O) groups excluding carboxylic acids is 1. The van der Waals surface area contributed by atoms with E-state index in [0.717, 1.165) is 9.99 Å². The Hall–Kier alpha value is -1.36. The van der Waals surface area contributed by atoms with E-state index in [0.29, 0.717) is 5.56 Å². The molecule has 0 fully saturated rings. The van der Waals surface area contributed by atoms with Crippen LogP contribution < -0.4 is 0 Å². The van der Waals surface area contributed by atoms with Crippen molar-refractivity contribution in [1.29, 1.82) is 0 Å². The number of methoxy groups -OCH3 is 1. The van der Waals surface area contributed by atoms with Gasteiger partial charge in [0.1, 0.15) is 0 Å². The van der Waals surface area contributed by atoms with Crippen LogP contribution in [0, 0.1) is 0 Å². The second-order valence-corrected chi connectivity index (χ2v) is 3.64. The van der Waals surface area contributed by atoms with Crippen molar-refractivity contribution in [2.45, 2.75) is 0 Å². The fourth-order valence-corrected chi connectivity index (χ4v) is 1.69. The minimum absolute atomic E-state index is 0.364. The highest BCUT2D eigenvalue weighted by atomic mass is 79.9. The molecule has 2 rings (SSSR count). The molecule has 0 saturated heterocycles. The Kier molecular flexibility index (Phi) is 2.25. The van der Waals surface area contributed by atoms with Gasteiger partial charge in [-0.15, -0.1) is 0 Å². The maximum Gasteiger partial charge on any atom is 0.340 e. The molecule has 2 aromatic rings. The number of pyridine rings is 1. The summed E-state index contributed by atoms with van der Waals surface area (Å²) in [5.74, 6) is -0.364. The molecule has 0 N–H and O–H groups in total. The number of fused-ring (bicyclic) bond motifs is 1. The molecule has 0 bridgehead atoms. The Bertz CT molecular complexity index is 493. The molecule has 0 aliphatic carbocycles. The van der Waals surface area contributed by atoms with Crippen molar-refractivity contribution < 1.29 is 9.53 Å². The van der Waals surface area contributed by atoms with E-state index in [-0.39, 0.29) is 5.97 Å². The summed E-state index contributed by atoms with van der Waals surface area (Å²) in [5.41, 5.74) is 1.24. The van der Waals surface area contributed by atoms with Gasteiger partial charge in [-0.2, -0.15) is 5.10 Å². The van der Waals surface area contributed by atoms with Crippen molar-refractivity contribution in [3.05, 3.63) is 34.6 Å². The van der Waals surface area contributed by atoms with E-state index in [1.807, 2.05) is 0 Å². The van der Waals surface area contributed by atoms with Crippen LogP contribution in [0.3, 0.4) is 0 Å². The zero-order chi connectivity index (χ0) is 10.1. The quantitative estimate of drug-likeness (QED) is 0.731. The van der Waals surface area contributed by atoms with Crippen LogP contribution in [0.15, 0.2) is 29.0 Å². The van der Waals surface area contributed by atoms with Gasteiger partial charge in [-0.25, -0.2) is 9.31 Å². The summed E-state index contributed by atoms with van der Waals surface area (Å²) in [6.07, 6.45) is 3.41. The van der Waals surface area contributed by atoms with Gasteiger partial charge in [0.2, 0.25) is 0 Å². The molecule has 0 unspecified atom stereocenters. The molecule has 0 amide bonds. The van der Waals surface area contributed by atoms with Crippen LogP contribution >= 0.6 is 15.9 Å². The second kappa shape index (κ2) is 3.42. The van der Waals surface area contributed by atoms with Gasteiger partial charge in [0.15, 0.2) is 0 Å². The lowest BCUT2D eigenvalue weighted by Gasteiger charge is -2.02. The van der Waals surface area contributed by atoms with Gasteiger partial charge in [0.05, 0.1) is 24.4 Å². The molecule has 0 radical (unpaired) electrons. The minimum atomic E-state index is -0.364. The highest BCUT2D eigenvalue weighted by Crippen LogP contribution is 2.17.